The lowest BCUT2D eigenvalue weighted by Gasteiger charge is -2.27. The fourth-order valence-corrected chi connectivity index (χ4v) is 12.5. The Hall–Kier alpha value is -4.49. The zero-order valence-electron chi connectivity index (χ0n) is 23.0. The Balaban J connectivity index is 1.55. The summed E-state index contributed by atoms with van der Waals surface area (Å²) in [5.74, 6) is -0.284. The molecule has 4 aromatic carbocycles. The van der Waals surface area contributed by atoms with E-state index in [0.29, 0.717) is 0 Å². The van der Waals surface area contributed by atoms with Crippen molar-refractivity contribution in [3.8, 4) is 0 Å². The first-order chi connectivity index (χ1) is 20.7. The molecule has 0 aliphatic carbocycles. The van der Waals surface area contributed by atoms with Crippen LogP contribution >= 0.6 is 14.8 Å². The zero-order chi connectivity index (χ0) is 28.7. The van der Waals surface area contributed by atoms with Crippen molar-refractivity contribution < 1.29 is 9.32 Å². The van der Waals surface area contributed by atoms with Gasteiger partial charge in [-0.05, 0) is 60.7 Å². The smallest absolute Gasteiger partial charge is 0.291 e. The third kappa shape index (κ3) is 5.28. The fourth-order valence-electron chi connectivity index (χ4n) is 5.38. The lowest BCUT2D eigenvalue weighted by molar-refractivity contribution is -0.130. The number of rotatable bonds is 9. The Morgan fingerprint density at radius 2 is 0.857 bits per heavy atom. The SMILES string of the molecule is O=C(C[P+](c1ccccc1)(c1ccccc1)c1ccccn1)O[P+](c1ccccc1)(c1ccccc1)c1ccccn1. The van der Waals surface area contributed by atoms with Crippen molar-refractivity contribution in [1.82, 2.24) is 9.97 Å². The molecule has 204 valence electrons. The van der Waals surface area contributed by atoms with Crippen LogP contribution in [0.2, 0.25) is 0 Å². The normalized spacial score (nSPS) is 11.5. The maximum absolute atomic E-state index is 14.7. The molecule has 0 spiro atoms. The Morgan fingerprint density at radius 3 is 1.26 bits per heavy atom. The van der Waals surface area contributed by atoms with E-state index in [2.05, 4.69) is 24.3 Å². The predicted octanol–water partition coefficient (Wildman–Crippen LogP) is 5.22. The highest BCUT2D eigenvalue weighted by atomic mass is 31.2. The molecule has 0 N–H and O–H groups in total. The van der Waals surface area contributed by atoms with E-state index in [1.165, 1.54) is 0 Å². The molecule has 0 saturated carbocycles. The van der Waals surface area contributed by atoms with E-state index in [-0.39, 0.29) is 12.1 Å². The zero-order valence-corrected chi connectivity index (χ0v) is 24.8. The number of nitrogens with zero attached hydrogens (tertiary/aromatic N) is 2. The molecule has 0 aliphatic rings. The van der Waals surface area contributed by atoms with Crippen molar-refractivity contribution in [1.29, 1.82) is 0 Å². The molecule has 6 aromatic rings. The molecule has 0 aliphatic heterocycles. The Kier molecular flexibility index (Phi) is 8.28. The average Bonchev–Trinajstić information content (AvgIpc) is 3.08. The van der Waals surface area contributed by atoms with Gasteiger partial charge in [0.25, 0.3) is 0 Å². The summed E-state index contributed by atoms with van der Waals surface area (Å²) in [5, 5.41) is 4.02. The number of benzene rings is 4. The maximum Gasteiger partial charge on any atom is 0.389 e. The van der Waals surface area contributed by atoms with Crippen molar-refractivity contribution in [3.05, 3.63) is 170 Å². The second-order valence-electron chi connectivity index (χ2n) is 9.76. The van der Waals surface area contributed by atoms with E-state index in [4.69, 9.17) is 14.5 Å². The number of hydrogen-bond acceptors (Lipinski definition) is 4. The highest BCUT2D eigenvalue weighted by Crippen LogP contribution is 2.59. The van der Waals surface area contributed by atoms with Crippen LogP contribution in [0.4, 0.5) is 0 Å². The third-order valence-corrected chi connectivity index (χ3v) is 14.8. The van der Waals surface area contributed by atoms with Gasteiger partial charge in [0.2, 0.25) is 5.44 Å². The summed E-state index contributed by atoms with van der Waals surface area (Å²) >= 11 is 0. The molecule has 0 saturated heterocycles. The van der Waals surface area contributed by atoms with Gasteiger partial charge in [-0.15, -0.1) is 0 Å². The summed E-state index contributed by atoms with van der Waals surface area (Å²) in [7, 11) is -5.49. The van der Waals surface area contributed by atoms with Crippen LogP contribution in [0.1, 0.15) is 0 Å². The topological polar surface area (TPSA) is 52.1 Å². The van der Waals surface area contributed by atoms with Gasteiger partial charge in [0, 0.05) is 24.5 Å². The number of hydrogen-bond donors (Lipinski definition) is 0. The molecular weight excluding hydrogens is 554 g/mol. The quantitative estimate of drug-likeness (QED) is 0.219. The molecule has 2 heterocycles. The minimum Gasteiger partial charge on any atom is -0.291 e. The highest BCUT2D eigenvalue weighted by molar-refractivity contribution is 7.96. The van der Waals surface area contributed by atoms with Gasteiger partial charge in [-0.2, -0.15) is 0 Å². The van der Waals surface area contributed by atoms with Crippen molar-refractivity contribution in [2.75, 3.05) is 6.16 Å². The molecule has 2 aromatic heterocycles. The molecule has 0 amide bonds. The van der Waals surface area contributed by atoms with Gasteiger partial charge in [-0.3, -0.25) is 4.52 Å². The predicted molar refractivity (Wildman–Crippen MR) is 177 cm³/mol. The van der Waals surface area contributed by atoms with Crippen LogP contribution in [-0.2, 0) is 9.32 Å². The molecule has 42 heavy (non-hydrogen) atoms. The van der Waals surface area contributed by atoms with Gasteiger partial charge in [0.1, 0.15) is 28.5 Å². The summed E-state index contributed by atoms with van der Waals surface area (Å²) in [4.78, 5) is 24.4. The standard InChI is InChI=1S/C36H30N2O2P2/c39-36(29-41(30-17-5-1-6-18-30,31-19-7-2-8-20-31)34-25-13-15-27-37-34)40-42(32-21-9-3-10-22-32,33-23-11-4-12-24-33)35-26-14-16-28-38-35/h1-28H,29H2/q+2. The van der Waals surface area contributed by atoms with Crippen LogP contribution < -0.4 is 32.1 Å². The molecule has 0 fully saturated rings. The van der Waals surface area contributed by atoms with Crippen LogP contribution in [0.15, 0.2) is 170 Å². The Bertz CT molecular complexity index is 1400. The monoisotopic (exact) mass is 584 g/mol. The van der Waals surface area contributed by atoms with E-state index in [1.807, 2.05) is 133 Å². The van der Waals surface area contributed by atoms with E-state index in [9.17, 15) is 4.79 Å². The summed E-state index contributed by atoms with van der Waals surface area (Å²) in [6, 6.07) is 52.4. The minimum absolute atomic E-state index is 0.159. The Labute approximate surface area is 247 Å². The van der Waals surface area contributed by atoms with Crippen LogP contribution in [0.3, 0.4) is 0 Å². The second-order valence-corrected chi connectivity index (χ2v) is 16.1. The number of pyridine rings is 2. The van der Waals surface area contributed by atoms with Gasteiger partial charge < -0.3 is 0 Å². The van der Waals surface area contributed by atoms with Gasteiger partial charge in [0.05, 0.1) is 0 Å². The maximum atomic E-state index is 14.7. The number of carbonyl (C=O) groups is 1. The van der Waals surface area contributed by atoms with Crippen molar-refractivity contribution in [3.63, 3.8) is 0 Å². The first kappa shape index (κ1) is 27.7. The summed E-state index contributed by atoms with van der Waals surface area (Å²) < 4.78 is 6.93. The van der Waals surface area contributed by atoms with Crippen LogP contribution in [-0.4, -0.2) is 22.1 Å². The van der Waals surface area contributed by atoms with E-state index in [1.54, 1.807) is 12.4 Å². The van der Waals surface area contributed by atoms with E-state index < -0.39 is 14.8 Å². The van der Waals surface area contributed by atoms with Crippen LogP contribution in [0.25, 0.3) is 0 Å². The first-order valence-corrected chi connectivity index (χ1v) is 17.5. The molecular formula is C36H30N2O2P2+2. The minimum atomic E-state index is -2.93. The fraction of sp³-hybridized carbons (Fsp3) is 0.0278. The van der Waals surface area contributed by atoms with Crippen LogP contribution in [0.5, 0.6) is 0 Å². The van der Waals surface area contributed by atoms with Crippen molar-refractivity contribution in [2.24, 2.45) is 0 Å². The molecule has 0 bridgehead atoms. The van der Waals surface area contributed by atoms with Gasteiger partial charge in [-0.1, -0.05) is 84.9 Å². The number of aromatic nitrogens is 2. The average molecular weight is 585 g/mol. The third-order valence-electron chi connectivity index (χ3n) is 7.25. The lowest BCUT2D eigenvalue weighted by Crippen LogP contribution is -2.40. The molecule has 0 atom stereocenters. The molecule has 4 nitrogen and oxygen atoms in total. The van der Waals surface area contributed by atoms with E-state index in [0.717, 1.165) is 32.1 Å². The van der Waals surface area contributed by atoms with Crippen molar-refractivity contribution in [2.45, 2.75) is 0 Å². The molecule has 0 radical (unpaired) electrons. The summed E-state index contributed by atoms with van der Waals surface area (Å²) in [5.41, 5.74) is 1.64. The van der Waals surface area contributed by atoms with Gasteiger partial charge >= 0.3 is 13.5 Å². The Morgan fingerprint density at radius 1 is 0.476 bits per heavy atom. The van der Waals surface area contributed by atoms with Gasteiger partial charge in [0.15, 0.2) is 11.6 Å². The summed E-state index contributed by atoms with van der Waals surface area (Å²) in [6.45, 7) is 0. The molecule has 6 rings (SSSR count). The number of carbonyl (C=O) groups excluding carboxylic acids is 1. The van der Waals surface area contributed by atoms with Crippen molar-refractivity contribution >= 4 is 52.8 Å². The molecule has 6 heteroatoms. The second kappa shape index (κ2) is 12.6. The van der Waals surface area contributed by atoms with Crippen LogP contribution in [0, 0.1) is 0 Å². The van der Waals surface area contributed by atoms with E-state index >= 15 is 0 Å². The summed E-state index contributed by atoms with van der Waals surface area (Å²) in [6.07, 6.45) is 3.73. The largest absolute Gasteiger partial charge is 0.389 e. The highest BCUT2D eigenvalue weighted by Gasteiger charge is 2.56. The first-order valence-electron chi connectivity index (χ1n) is 13.8. The molecule has 0 unspecified atom stereocenters. The van der Waals surface area contributed by atoms with Gasteiger partial charge in [-0.25, -0.2) is 14.8 Å². The lowest BCUT2D eigenvalue weighted by atomic mass is 10.4.